The Morgan fingerprint density at radius 2 is 2.29 bits per heavy atom. The molecule has 0 aliphatic rings. The van der Waals surface area contributed by atoms with Crippen LogP contribution in [0.1, 0.15) is 25.1 Å². The van der Waals surface area contributed by atoms with Crippen molar-refractivity contribution in [1.29, 1.82) is 0 Å². The molecule has 0 saturated heterocycles. The average Bonchev–Trinajstić information content (AvgIpc) is 2.55. The molecule has 80 valence electrons. The predicted molar refractivity (Wildman–Crippen MR) is 63.5 cm³/mol. The van der Waals surface area contributed by atoms with Crippen LogP contribution in [0.2, 0.25) is 0 Å². The third-order valence-electron chi connectivity index (χ3n) is 2.06. The van der Waals surface area contributed by atoms with Gasteiger partial charge in [0.15, 0.2) is 0 Å². The van der Waals surface area contributed by atoms with Crippen molar-refractivity contribution in [3.63, 3.8) is 0 Å². The molecule has 1 atom stereocenters. The Kier molecular flexibility index (Phi) is 5.15. The summed E-state index contributed by atoms with van der Waals surface area (Å²) in [5.41, 5.74) is 5.95. The van der Waals surface area contributed by atoms with Crippen LogP contribution in [0.3, 0.4) is 0 Å². The monoisotopic (exact) mass is 212 g/mol. The highest BCUT2D eigenvalue weighted by atomic mass is 32.1. The molecule has 0 spiro atoms. The number of hydrogen-bond donors (Lipinski definition) is 2. The Balaban J connectivity index is 2.09. The molecule has 0 fully saturated rings. The van der Waals surface area contributed by atoms with E-state index in [0.29, 0.717) is 5.92 Å². The van der Waals surface area contributed by atoms with E-state index in [1.54, 1.807) is 11.3 Å². The third kappa shape index (κ3) is 4.74. The zero-order valence-electron chi connectivity index (χ0n) is 8.99. The van der Waals surface area contributed by atoms with E-state index in [4.69, 9.17) is 5.73 Å². The fourth-order valence-electron chi connectivity index (χ4n) is 1.48. The summed E-state index contributed by atoms with van der Waals surface area (Å²) >= 11 is 1.79. The van der Waals surface area contributed by atoms with Gasteiger partial charge in [-0.1, -0.05) is 19.9 Å². The molecular formula is C11H20N2S. The summed E-state index contributed by atoms with van der Waals surface area (Å²) in [4.78, 5) is 1.38. The van der Waals surface area contributed by atoms with Crippen molar-refractivity contribution in [3.05, 3.63) is 22.4 Å². The molecule has 1 rings (SSSR count). The van der Waals surface area contributed by atoms with Crippen LogP contribution in [0.5, 0.6) is 0 Å². The summed E-state index contributed by atoms with van der Waals surface area (Å²) in [6.07, 6.45) is 1.09. The summed E-state index contributed by atoms with van der Waals surface area (Å²) in [7, 11) is 0. The van der Waals surface area contributed by atoms with Gasteiger partial charge in [-0.05, 0) is 23.8 Å². The molecule has 1 aromatic rings. The molecule has 0 radical (unpaired) electrons. The average molecular weight is 212 g/mol. The smallest absolute Gasteiger partial charge is 0.0300 e. The number of hydrogen-bond acceptors (Lipinski definition) is 3. The maximum atomic E-state index is 5.95. The van der Waals surface area contributed by atoms with Crippen LogP contribution >= 0.6 is 11.3 Å². The van der Waals surface area contributed by atoms with Gasteiger partial charge in [0.05, 0.1) is 0 Å². The third-order valence-corrected chi connectivity index (χ3v) is 2.94. The van der Waals surface area contributed by atoms with Crippen LogP contribution < -0.4 is 11.1 Å². The van der Waals surface area contributed by atoms with Gasteiger partial charge in [-0.15, -0.1) is 11.3 Å². The van der Waals surface area contributed by atoms with E-state index in [2.05, 4.69) is 36.7 Å². The largest absolute Gasteiger partial charge is 0.327 e. The number of nitrogens with one attached hydrogen (secondary N) is 1. The summed E-state index contributed by atoms with van der Waals surface area (Å²) in [6.45, 7) is 6.28. The molecule has 2 nitrogen and oxygen atoms in total. The van der Waals surface area contributed by atoms with Crippen molar-refractivity contribution in [2.24, 2.45) is 11.7 Å². The fourth-order valence-corrected chi connectivity index (χ4v) is 2.16. The van der Waals surface area contributed by atoms with E-state index in [1.165, 1.54) is 4.88 Å². The van der Waals surface area contributed by atoms with Crippen molar-refractivity contribution in [1.82, 2.24) is 5.32 Å². The van der Waals surface area contributed by atoms with Crippen LogP contribution in [0.15, 0.2) is 17.5 Å². The van der Waals surface area contributed by atoms with Crippen LogP contribution in [0.4, 0.5) is 0 Å². The number of nitrogens with two attached hydrogens (primary N) is 1. The molecule has 1 aromatic heterocycles. The standard InChI is InChI=1S/C11H20N2S/c1-9(2)6-10(12)7-13-8-11-4-3-5-14-11/h3-5,9-10,13H,6-8,12H2,1-2H3. The molecule has 0 aromatic carbocycles. The van der Waals surface area contributed by atoms with Crippen LogP contribution in [0, 0.1) is 5.92 Å². The maximum Gasteiger partial charge on any atom is 0.0300 e. The molecular weight excluding hydrogens is 192 g/mol. The first kappa shape index (κ1) is 11.7. The van der Waals surface area contributed by atoms with E-state index in [1.807, 2.05) is 0 Å². The second-order valence-corrected chi connectivity index (χ2v) is 5.13. The van der Waals surface area contributed by atoms with Gasteiger partial charge in [-0.25, -0.2) is 0 Å². The highest BCUT2D eigenvalue weighted by Gasteiger charge is 2.04. The van der Waals surface area contributed by atoms with Gasteiger partial charge in [0, 0.05) is 24.0 Å². The Labute approximate surface area is 90.5 Å². The Hall–Kier alpha value is -0.380. The van der Waals surface area contributed by atoms with Gasteiger partial charge in [0.25, 0.3) is 0 Å². The first-order chi connectivity index (χ1) is 6.68. The van der Waals surface area contributed by atoms with Crippen LogP contribution in [-0.2, 0) is 6.54 Å². The topological polar surface area (TPSA) is 38.0 Å². The Morgan fingerprint density at radius 1 is 1.50 bits per heavy atom. The second kappa shape index (κ2) is 6.17. The van der Waals surface area contributed by atoms with Gasteiger partial charge in [-0.2, -0.15) is 0 Å². The second-order valence-electron chi connectivity index (χ2n) is 4.10. The van der Waals surface area contributed by atoms with E-state index < -0.39 is 0 Å². The van der Waals surface area contributed by atoms with Crippen molar-refractivity contribution in [3.8, 4) is 0 Å². The SMILES string of the molecule is CC(C)CC(N)CNCc1cccs1. The zero-order chi connectivity index (χ0) is 10.4. The Bertz CT molecular complexity index is 231. The quantitative estimate of drug-likeness (QED) is 0.759. The van der Waals surface area contributed by atoms with E-state index in [9.17, 15) is 0 Å². The lowest BCUT2D eigenvalue weighted by Crippen LogP contribution is -2.34. The lowest BCUT2D eigenvalue weighted by molar-refractivity contribution is 0.468. The van der Waals surface area contributed by atoms with E-state index >= 15 is 0 Å². The molecule has 0 saturated carbocycles. The highest BCUT2D eigenvalue weighted by Crippen LogP contribution is 2.07. The number of rotatable bonds is 6. The van der Waals surface area contributed by atoms with Crippen LogP contribution in [-0.4, -0.2) is 12.6 Å². The van der Waals surface area contributed by atoms with Crippen LogP contribution in [0.25, 0.3) is 0 Å². The molecule has 3 N–H and O–H groups in total. The summed E-state index contributed by atoms with van der Waals surface area (Å²) in [5.74, 6) is 0.688. The van der Waals surface area contributed by atoms with Crippen molar-refractivity contribution in [2.45, 2.75) is 32.9 Å². The lowest BCUT2D eigenvalue weighted by atomic mass is 10.0. The minimum absolute atomic E-state index is 0.287. The van der Waals surface area contributed by atoms with Gasteiger partial charge in [-0.3, -0.25) is 0 Å². The predicted octanol–water partition coefficient (Wildman–Crippen LogP) is 2.21. The fraction of sp³-hybridized carbons (Fsp3) is 0.636. The summed E-state index contributed by atoms with van der Waals surface area (Å²) < 4.78 is 0. The van der Waals surface area contributed by atoms with E-state index in [0.717, 1.165) is 19.5 Å². The van der Waals surface area contributed by atoms with Crippen molar-refractivity contribution in [2.75, 3.05) is 6.54 Å². The molecule has 1 heterocycles. The van der Waals surface area contributed by atoms with Crippen molar-refractivity contribution < 1.29 is 0 Å². The first-order valence-electron chi connectivity index (χ1n) is 5.17. The molecule has 3 heteroatoms. The molecule has 14 heavy (non-hydrogen) atoms. The first-order valence-corrected chi connectivity index (χ1v) is 6.05. The van der Waals surface area contributed by atoms with Gasteiger partial charge in [0.2, 0.25) is 0 Å². The Morgan fingerprint density at radius 3 is 2.86 bits per heavy atom. The molecule has 0 amide bonds. The summed E-state index contributed by atoms with van der Waals surface area (Å²) in [6, 6.07) is 4.51. The van der Waals surface area contributed by atoms with Gasteiger partial charge in [0.1, 0.15) is 0 Å². The van der Waals surface area contributed by atoms with Gasteiger partial charge >= 0.3 is 0 Å². The van der Waals surface area contributed by atoms with Crippen molar-refractivity contribution >= 4 is 11.3 Å². The normalized spacial score (nSPS) is 13.4. The minimum atomic E-state index is 0.287. The lowest BCUT2D eigenvalue weighted by Gasteiger charge is -2.14. The van der Waals surface area contributed by atoms with E-state index in [-0.39, 0.29) is 6.04 Å². The molecule has 0 aliphatic heterocycles. The molecule has 1 unspecified atom stereocenters. The maximum absolute atomic E-state index is 5.95. The number of thiophene rings is 1. The van der Waals surface area contributed by atoms with Gasteiger partial charge < -0.3 is 11.1 Å². The zero-order valence-corrected chi connectivity index (χ0v) is 9.81. The summed E-state index contributed by atoms with van der Waals surface area (Å²) in [5, 5.41) is 5.48. The molecule has 0 aliphatic carbocycles. The molecule has 0 bridgehead atoms. The minimum Gasteiger partial charge on any atom is -0.327 e. The highest BCUT2D eigenvalue weighted by molar-refractivity contribution is 7.09.